The van der Waals surface area contributed by atoms with E-state index < -0.39 is 6.10 Å². The van der Waals surface area contributed by atoms with E-state index in [1.807, 2.05) is 0 Å². The summed E-state index contributed by atoms with van der Waals surface area (Å²) in [4.78, 5) is 0. The van der Waals surface area contributed by atoms with Gasteiger partial charge in [0.2, 0.25) is 0 Å². The quantitative estimate of drug-likeness (QED) is 0.561. The second-order valence-corrected chi connectivity index (χ2v) is 2.04. The summed E-state index contributed by atoms with van der Waals surface area (Å²) in [5.74, 6) is 0. The van der Waals surface area contributed by atoms with Crippen molar-refractivity contribution in [1.29, 1.82) is 0 Å². The summed E-state index contributed by atoms with van der Waals surface area (Å²) in [6.45, 7) is 1.52. The van der Waals surface area contributed by atoms with Gasteiger partial charge in [-0.1, -0.05) is 0 Å². The highest BCUT2D eigenvalue weighted by molar-refractivity contribution is 8.01. The van der Waals surface area contributed by atoms with Gasteiger partial charge in [-0.3, -0.25) is 0 Å². The van der Waals surface area contributed by atoms with Gasteiger partial charge in [0, 0.05) is 0 Å². The van der Waals surface area contributed by atoms with Gasteiger partial charge in [-0.25, -0.2) is 0 Å². The molecule has 0 rings (SSSR count). The van der Waals surface area contributed by atoms with E-state index in [2.05, 4.69) is 0 Å². The molecule has 0 heterocycles. The summed E-state index contributed by atoms with van der Waals surface area (Å²) in [5.41, 5.74) is 0.0694. The molecule has 0 aromatic heterocycles. The molecule has 1 atom stereocenters. The molecule has 0 bridgehead atoms. The van der Waals surface area contributed by atoms with Gasteiger partial charge in [-0.2, -0.15) is 0 Å². The van der Waals surface area contributed by atoms with Crippen LogP contribution in [0.2, 0.25) is 0 Å². The molecule has 0 aliphatic heterocycles. The summed E-state index contributed by atoms with van der Waals surface area (Å²) in [5, 5.41) is 17.1. The summed E-state index contributed by atoms with van der Waals surface area (Å²) in [6, 6.07) is 0. The molecule has 0 aromatic rings. The van der Waals surface area contributed by atoms with Crippen molar-refractivity contribution in [3.63, 3.8) is 0 Å². The molecule has 0 spiro atoms. The van der Waals surface area contributed by atoms with Gasteiger partial charge in [0.05, 0.1) is 6.10 Å². The van der Waals surface area contributed by atoms with Crippen LogP contribution in [0.1, 0.15) is 6.92 Å². The van der Waals surface area contributed by atoms with Crippen LogP contribution in [0.3, 0.4) is 0 Å². The van der Waals surface area contributed by atoms with Crippen molar-refractivity contribution in [3.05, 3.63) is 5.44 Å². The molecule has 0 saturated heterocycles. The number of hydrogen-bond acceptors (Lipinski definition) is 3. The minimum absolute atomic E-state index is 0.0694. The maximum atomic E-state index is 8.56. The third-order valence-electron chi connectivity index (χ3n) is 0.567. The third-order valence-corrected chi connectivity index (χ3v) is 1.33. The largest absolute Gasteiger partial charge is 0.389 e. The molecule has 0 amide bonds. The molecule has 1 radical (unpaired) electrons. The Balaban J connectivity index is 3.14. The van der Waals surface area contributed by atoms with Gasteiger partial charge >= 0.3 is 0 Å². The van der Waals surface area contributed by atoms with Crippen LogP contribution in [0.15, 0.2) is 0 Å². The van der Waals surface area contributed by atoms with E-state index in [1.54, 1.807) is 6.26 Å². The first-order chi connectivity index (χ1) is 3.18. The first-order valence-corrected chi connectivity index (χ1v) is 3.18. The highest BCUT2D eigenvalue weighted by Crippen LogP contribution is 2.14. The van der Waals surface area contributed by atoms with Crippen molar-refractivity contribution >= 4 is 11.8 Å². The van der Waals surface area contributed by atoms with Crippen molar-refractivity contribution in [2.45, 2.75) is 13.0 Å². The normalized spacial score (nSPS) is 15.0. The van der Waals surface area contributed by atoms with E-state index in [9.17, 15) is 0 Å². The minimum atomic E-state index is -0.699. The van der Waals surface area contributed by atoms with Crippen molar-refractivity contribution in [2.24, 2.45) is 0 Å². The first kappa shape index (κ1) is 7.27. The lowest BCUT2D eigenvalue weighted by Crippen LogP contribution is -2.08. The molecular weight excluding hydrogens is 112 g/mol. The molecule has 1 unspecified atom stereocenters. The Morgan fingerprint density at radius 1 is 1.71 bits per heavy atom. The fourth-order valence-corrected chi connectivity index (χ4v) is 0.512. The number of hydrogen-bond donors (Lipinski definition) is 2. The molecule has 3 heteroatoms. The predicted octanol–water partition coefficient (Wildman–Crippen LogP) is 0.592. The van der Waals surface area contributed by atoms with Crippen LogP contribution in [0.4, 0.5) is 0 Å². The predicted molar refractivity (Wildman–Crippen MR) is 30.4 cm³/mol. The molecule has 0 fully saturated rings. The van der Waals surface area contributed by atoms with Crippen LogP contribution in [-0.2, 0) is 0 Å². The second kappa shape index (κ2) is 3.29. The Morgan fingerprint density at radius 2 is 2.14 bits per heavy atom. The Kier molecular flexibility index (Phi) is 3.42. The summed E-state index contributed by atoms with van der Waals surface area (Å²) >= 11 is 1.16. The fourth-order valence-electron chi connectivity index (χ4n) is 0.171. The SMILES string of the molecule is CS[C](O)C(C)O. The Morgan fingerprint density at radius 3 is 2.14 bits per heavy atom. The summed E-state index contributed by atoms with van der Waals surface area (Å²) in [7, 11) is 0. The zero-order valence-corrected chi connectivity index (χ0v) is 5.20. The number of rotatable bonds is 2. The van der Waals surface area contributed by atoms with Crippen LogP contribution in [0, 0.1) is 5.44 Å². The molecule has 0 aliphatic rings. The smallest absolute Gasteiger partial charge is 0.176 e. The van der Waals surface area contributed by atoms with Gasteiger partial charge in [0.25, 0.3) is 0 Å². The van der Waals surface area contributed by atoms with Crippen molar-refractivity contribution in [1.82, 2.24) is 0 Å². The average molecular weight is 121 g/mol. The number of thioether (sulfide) groups is 1. The van der Waals surface area contributed by atoms with E-state index in [0.29, 0.717) is 0 Å². The van der Waals surface area contributed by atoms with E-state index in [-0.39, 0.29) is 5.44 Å². The zero-order chi connectivity index (χ0) is 5.86. The molecule has 0 aromatic carbocycles. The lowest BCUT2D eigenvalue weighted by atomic mass is 10.4. The van der Waals surface area contributed by atoms with E-state index in [0.717, 1.165) is 11.8 Å². The molecular formula is C4H9O2S. The number of aliphatic hydroxyl groups is 2. The van der Waals surface area contributed by atoms with E-state index in [4.69, 9.17) is 10.2 Å². The molecule has 2 nitrogen and oxygen atoms in total. The summed E-state index contributed by atoms with van der Waals surface area (Å²) < 4.78 is 0. The third kappa shape index (κ3) is 2.91. The molecule has 0 saturated carbocycles. The highest BCUT2D eigenvalue weighted by Gasteiger charge is 2.08. The van der Waals surface area contributed by atoms with Gasteiger partial charge in [-0.05, 0) is 13.2 Å². The van der Waals surface area contributed by atoms with Crippen LogP contribution in [0.5, 0.6) is 0 Å². The van der Waals surface area contributed by atoms with Crippen LogP contribution >= 0.6 is 11.8 Å². The zero-order valence-electron chi connectivity index (χ0n) is 4.38. The molecule has 43 valence electrons. The lowest BCUT2D eigenvalue weighted by Gasteiger charge is -2.06. The Hall–Kier alpha value is 0.270. The van der Waals surface area contributed by atoms with Crippen molar-refractivity contribution < 1.29 is 10.2 Å². The van der Waals surface area contributed by atoms with Gasteiger partial charge < -0.3 is 10.2 Å². The van der Waals surface area contributed by atoms with Gasteiger partial charge in [-0.15, -0.1) is 11.8 Å². The van der Waals surface area contributed by atoms with Crippen molar-refractivity contribution in [3.8, 4) is 0 Å². The maximum absolute atomic E-state index is 8.56. The van der Waals surface area contributed by atoms with Crippen LogP contribution in [0.25, 0.3) is 0 Å². The van der Waals surface area contributed by atoms with Gasteiger partial charge in [0.15, 0.2) is 5.44 Å². The fraction of sp³-hybridized carbons (Fsp3) is 0.750. The Labute approximate surface area is 47.5 Å². The molecule has 2 N–H and O–H groups in total. The second-order valence-electron chi connectivity index (χ2n) is 1.22. The first-order valence-electron chi connectivity index (χ1n) is 1.96. The van der Waals surface area contributed by atoms with Crippen LogP contribution in [-0.4, -0.2) is 22.6 Å². The standard InChI is InChI=1S/C4H9O2S/c1-3(5)4(6)7-2/h3,5-6H,1-2H3. The number of aliphatic hydroxyl groups excluding tert-OH is 2. The topological polar surface area (TPSA) is 40.5 Å². The molecule has 0 aliphatic carbocycles. The van der Waals surface area contributed by atoms with Crippen LogP contribution < -0.4 is 0 Å². The summed E-state index contributed by atoms with van der Waals surface area (Å²) in [6.07, 6.45) is 1.01. The van der Waals surface area contributed by atoms with E-state index in [1.165, 1.54) is 6.92 Å². The van der Waals surface area contributed by atoms with Crippen molar-refractivity contribution in [2.75, 3.05) is 6.26 Å². The average Bonchev–Trinajstić information content (AvgIpc) is 1.65. The minimum Gasteiger partial charge on any atom is -0.389 e. The molecule has 7 heavy (non-hydrogen) atoms. The highest BCUT2D eigenvalue weighted by atomic mass is 32.2. The van der Waals surface area contributed by atoms with E-state index >= 15 is 0 Å². The lowest BCUT2D eigenvalue weighted by molar-refractivity contribution is 0.148. The monoisotopic (exact) mass is 121 g/mol. The maximum Gasteiger partial charge on any atom is 0.176 e. The Bertz CT molecular complexity index is 47.0. The van der Waals surface area contributed by atoms with Gasteiger partial charge in [0.1, 0.15) is 0 Å².